The van der Waals surface area contributed by atoms with E-state index in [0.717, 1.165) is 6.07 Å². The van der Waals surface area contributed by atoms with Gasteiger partial charge in [-0.15, -0.1) is 0 Å². The van der Waals surface area contributed by atoms with Gasteiger partial charge >= 0.3 is 0 Å². The van der Waals surface area contributed by atoms with E-state index in [1.165, 1.54) is 28.9 Å². The first-order valence-electron chi connectivity index (χ1n) is 10.4. The van der Waals surface area contributed by atoms with Gasteiger partial charge in [0.25, 0.3) is 0 Å². The predicted octanol–water partition coefficient (Wildman–Crippen LogP) is 0.324. The number of phenolic OH excluding ortho intramolecular Hbond substituents is 1. The van der Waals surface area contributed by atoms with Crippen molar-refractivity contribution in [2.24, 2.45) is 5.14 Å². The van der Waals surface area contributed by atoms with Crippen LogP contribution in [0, 0.1) is 0 Å². The number of sulfonamides is 2. The summed E-state index contributed by atoms with van der Waals surface area (Å²) in [6.45, 7) is 0.356. The second kappa shape index (κ2) is 9.66. The number of fused-ring (bicyclic) bond motifs is 1. The fraction of sp³-hybridized carbons (Fsp3) is 0.143. The molecule has 2 aromatic carbocycles. The molecule has 0 aliphatic rings. The second-order valence-corrected chi connectivity index (χ2v) is 10.8. The molecule has 35 heavy (non-hydrogen) atoms. The Kier molecular flexibility index (Phi) is 6.80. The maximum absolute atomic E-state index is 12.6. The van der Waals surface area contributed by atoms with Crippen molar-refractivity contribution < 1.29 is 21.9 Å². The van der Waals surface area contributed by atoms with Gasteiger partial charge in [0.2, 0.25) is 20.0 Å². The van der Waals surface area contributed by atoms with Crippen LogP contribution in [0.1, 0.15) is 6.42 Å². The van der Waals surface area contributed by atoms with Gasteiger partial charge < -0.3 is 10.4 Å². The van der Waals surface area contributed by atoms with Crippen molar-refractivity contribution in [2.75, 3.05) is 18.4 Å². The van der Waals surface area contributed by atoms with Gasteiger partial charge in [0.15, 0.2) is 5.65 Å². The zero-order valence-corrected chi connectivity index (χ0v) is 19.9. The minimum atomic E-state index is -4.21. The van der Waals surface area contributed by atoms with Gasteiger partial charge in [-0.2, -0.15) is 9.61 Å². The van der Waals surface area contributed by atoms with Crippen LogP contribution >= 0.6 is 0 Å². The van der Waals surface area contributed by atoms with Gasteiger partial charge in [-0.25, -0.2) is 31.7 Å². The third-order valence-electron chi connectivity index (χ3n) is 5.08. The molecule has 0 atom stereocenters. The van der Waals surface area contributed by atoms with Gasteiger partial charge in [0, 0.05) is 30.9 Å². The first kappa shape index (κ1) is 24.7. The van der Waals surface area contributed by atoms with Gasteiger partial charge in [0.1, 0.15) is 29.2 Å². The molecule has 2 aromatic heterocycles. The van der Waals surface area contributed by atoms with E-state index in [-0.39, 0.29) is 12.3 Å². The Morgan fingerprint density at radius 2 is 1.69 bits per heavy atom. The summed E-state index contributed by atoms with van der Waals surface area (Å²) in [4.78, 5) is 3.60. The van der Waals surface area contributed by atoms with Crippen molar-refractivity contribution in [3.63, 3.8) is 0 Å². The Morgan fingerprint density at radius 1 is 1.00 bits per heavy atom. The highest BCUT2D eigenvalue weighted by atomic mass is 32.2. The lowest BCUT2D eigenvalue weighted by Gasteiger charge is -2.13. The van der Waals surface area contributed by atoms with Gasteiger partial charge in [-0.05, 0) is 36.1 Å². The largest absolute Gasteiger partial charge is 0.507 e. The number of primary sulfonamides is 1. The average Bonchev–Trinajstić information content (AvgIpc) is 3.19. The molecule has 0 unspecified atom stereocenters. The lowest BCUT2D eigenvalue weighted by atomic mass is 10.0. The number of para-hydroxylation sites is 1. The van der Waals surface area contributed by atoms with E-state index in [1.807, 2.05) is 0 Å². The Morgan fingerprint density at radius 3 is 2.40 bits per heavy atom. The number of hydrogen-bond acceptors (Lipinski definition) is 8. The maximum Gasteiger partial charge on any atom is 0.241 e. The summed E-state index contributed by atoms with van der Waals surface area (Å²) in [5, 5.41) is 22.7. The molecule has 4 rings (SSSR count). The highest BCUT2D eigenvalue weighted by molar-refractivity contribution is 7.92. The maximum atomic E-state index is 12.6. The van der Waals surface area contributed by atoms with E-state index >= 15 is 0 Å². The normalized spacial score (nSPS) is 12.1. The Labute approximate surface area is 203 Å². The topological polar surface area (TPSA) is 169 Å². The van der Waals surface area contributed by atoms with E-state index in [9.17, 15) is 21.9 Å². The van der Waals surface area contributed by atoms with Crippen molar-refractivity contribution in [2.45, 2.75) is 16.2 Å². The number of aromatic hydroxyl groups is 1. The lowest BCUT2D eigenvalue weighted by molar-refractivity contribution is 0.477. The van der Waals surface area contributed by atoms with Crippen LogP contribution in [0.2, 0.25) is 0 Å². The SMILES string of the molecule is [B]c1cnn2c(NCCCNS(=O)(=O)c3ccccc3S(N)(=O)=O)cc(-c3ccccc3O)nc12. The molecule has 0 spiro atoms. The molecule has 4 aromatic rings. The molecule has 0 aliphatic heterocycles. The number of nitrogens with two attached hydrogens (primary N) is 1. The number of phenols is 1. The molecule has 5 N–H and O–H groups in total. The van der Waals surface area contributed by atoms with E-state index in [0.29, 0.717) is 41.2 Å². The summed E-state index contributed by atoms with van der Waals surface area (Å²) in [5.74, 6) is 0.593. The Balaban J connectivity index is 1.47. The van der Waals surface area contributed by atoms with Crippen LogP contribution in [0.3, 0.4) is 0 Å². The van der Waals surface area contributed by atoms with Gasteiger partial charge in [-0.1, -0.05) is 24.3 Å². The number of nitrogens with one attached hydrogen (secondary N) is 2. The second-order valence-electron chi connectivity index (χ2n) is 7.55. The molecule has 0 saturated heterocycles. The van der Waals surface area contributed by atoms with Crippen molar-refractivity contribution in [3.8, 4) is 17.0 Å². The van der Waals surface area contributed by atoms with Crippen molar-refractivity contribution in [1.29, 1.82) is 0 Å². The molecule has 11 nitrogen and oxygen atoms in total. The smallest absolute Gasteiger partial charge is 0.241 e. The van der Waals surface area contributed by atoms with Crippen LogP contribution < -0.4 is 20.6 Å². The highest BCUT2D eigenvalue weighted by Gasteiger charge is 2.23. The van der Waals surface area contributed by atoms with E-state index in [2.05, 4.69) is 20.1 Å². The molecular weight excluding hydrogens is 491 g/mol. The van der Waals surface area contributed by atoms with Crippen LogP contribution in [0.4, 0.5) is 5.82 Å². The molecule has 0 saturated carbocycles. The predicted molar refractivity (Wildman–Crippen MR) is 132 cm³/mol. The number of benzene rings is 2. The van der Waals surface area contributed by atoms with Crippen LogP contribution in [-0.4, -0.2) is 57.5 Å². The van der Waals surface area contributed by atoms with Gasteiger partial charge in [-0.3, -0.25) is 0 Å². The van der Waals surface area contributed by atoms with Crippen LogP contribution in [0.25, 0.3) is 16.9 Å². The summed E-state index contributed by atoms with van der Waals surface area (Å²) in [5.41, 5.74) is 1.74. The third kappa shape index (κ3) is 5.30. The first-order valence-corrected chi connectivity index (χ1v) is 13.4. The zero-order valence-electron chi connectivity index (χ0n) is 18.3. The summed E-state index contributed by atoms with van der Waals surface area (Å²) in [7, 11) is -2.33. The molecule has 0 fully saturated rings. The molecular formula is C21H21BN6O5S2. The molecule has 2 radical (unpaired) electrons. The number of hydrogen-bond donors (Lipinski definition) is 4. The third-order valence-corrected chi connectivity index (χ3v) is 7.69. The summed E-state index contributed by atoms with van der Waals surface area (Å²) >= 11 is 0. The Hall–Kier alpha value is -3.46. The fourth-order valence-corrected chi connectivity index (χ4v) is 5.88. The minimum Gasteiger partial charge on any atom is -0.507 e. The monoisotopic (exact) mass is 512 g/mol. The quantitative estimate of drug-likeness (QED) is 0.184. The van der Waals surface area contributed by atoms with Gasteiger partial charge in [0.05, 0.1) is 5.69 Å². The molecule has 14 heteroatoms. The highest BCUT2D eigenvalue weighted by Crippen LogP contribution is 2.29. The van der Waals surface area contributed by atoms with Crippen molar-refractivity contribution in [1.82, 2.24) is 19.3 Å². The zero-order chi connectivity index (χ0) is 25.2. The number of nitrogens with zero attached hydrogens (tertiary/aromatic N) is 3. The van der Waals surface area contributed by atoms with Crippen LogP contribution in [0.15, 0.2) is 70.6 Å². The summed E-state index contributed by atoms with van der Waals surface area (Å²) < 4.78 is 52.6. The van der Waals surface area contributed by atoms with Crippen LogP contribution in [-0.2, 0) is 20.0 Å². The van der Waals surface area contributed by atoms with Crippen molar-refractivity contribution >= 4 is 44.8 Å². The summed E-state index contributed by atoms with van der Waals surface area (Å²) in [6, 6.07) is 13.6. The number of rotatable bonds is 9. The standard InChI is InChI=1S/C21H21BN6O5S2/c22-15-13-25-28-20(12-16(27-21(15)28)14-6-1-2-7-17(14)29)24-10-5-11-26-35(32,33)19-9-4-3-8-18(19)34(23,30)31/h1-4,6-9,12-13,24,26,29H,5,10-11H2,(H2,23,30,31). The van der Waals surface area contributed by atoms with Crippen LogP contribution in [0.5, 0.6) is 5.75 Å². The Bertz CT molecular complexity index is 1610. The number of anilines is 1. The lowest BCUT2D eigenvalue weighted by Crippen LogP contribution is -2.28. The molecule has 0 aliphatic carbocycles. The first-order chi connectivity index (χ1) is 16.6. The van der Waals surface area contributed by atoms with E-state index in [1.54, 1.807) is 30.3 Å². The fourth-order valence-electron chi connectivity index (χ4n) is 3.43. The minimum absolute atomic E-state index is 0.0239. The summed E-state index contributed by atoms with van der Waals surface area (Å²) in [6.07, 6.45) is 1.81. The number of aromatic nitrogens is 3. The molecule has 0 amide bonds. The van der Waals surface area contributed by atoms with Crippen molar-refractivity contribution in [3.05, 3.63) is 60.8 Å². The van der Waals surface area contributed by atoms with E-state index in [4.69, 9.17) is 13.0 Å². The molecule has 2 heterocycles. The molecule has 0 bridgehead atoms. The molecule has 180 valence electrons. The average molecular weight is 512 g/mol. The van der Waals surface area contributed by atoms with E-state index < -0.39 is 29.8 Å².